The Morgan fingerprint density at radius 1 is 0.913 bits per heavy atom. The Bertz CT molecular complexity index is 1030. The lowest BCUT2D eigenvalue weighted by Crippen LogP contribution is -1.99. The Morgan fingerprint density at radius 2 is 1.48 bits per heavy atom. The number of carbonyl (C=O) groups excluding carboxylic acids is 1. The van der Waals surface area contributed by atoms with E-state index in [1.54, 1.807) is 6.92 Å². The molecule has 4 rings (SSSR count). The van der Waals surface area contributed by atoms with Crippen molar-refractivity contribution in [2.45, 2.75) is 6.92 Å². The summed E-state index contributed by atoms with van der Waals surface area (Å²) in [5.74, 6) is 4.95. The smallest absolute Gasteiger partial charge is 0.384 e. The number of carbonyl (C=O) groups is 1. The molecule has 4 aromatic rings. The molecule has 0 aliphatic heterocycles. The summed E-state index contributed by atoms with van der Waals surface area (Å²) in [5.41, 5.74) is 0.823. The minimum absolute atomic E-state index is 0.341. The molecule has 0 aromatic heterocycles. The van der Waals surface area contributed by atoms with Crippen molar-refractivity contribution in [3.63, 3.8) is 0 Å². The molecule has 23 heavy (non-hydrogen) atoms. The lowest BCUT2D eigenvalue weighted by atomic mass is 9.93. The van der Waals surface area contributed by atoms with Crippen molar-refractivity contribution in [2.75, 3.05) is 6.61 Å². The minimum atomic E-state index is -0.488. The molecule has 0 unspecified atom stereocenters. The molecule has 0 saturated heterocycles. The van der Waals surface area contributed by atoms with Crippen molar-refractivity contribution in [3.8, 4) is 11.8 Å². The molecule has 0 N–H and O–H groups in total. The van der Waals surface area contributed by atoms with E-state index in [0.717, 1.165) is 16.3 Å². The largest absolute Gasteiger partial charge is 0.456 e. The van der Waals surface area contributed by atoms with Crippen LogP contribution in [-0.4, -0.2) is 12.6 Å². The first kappa shape index (κ1) is 13.6. The predicted molar refractivity (Wildman–Crippen MR) is 93.7 cm³/mol. The van der Waals surface area contributed by atoms with Gasteiger partial charge in [0.05, 0.1) is 6.61 Å². The van der Waals surface area contributed by atoms with Gasteiger partial charge in [-0.25, -0.2) is 4.79 Å². The summed E-state index contributed by atoms with van der Waals surface area (Å²) in [5, 5.41) is 7.30. The molecule has 4 aromatic carbocycles. The molecule has 0 bridgehead atoms. The minimum Gasteiger partial charge on any atom is -0.456 e. The van der Waals surface area contributed by atoms with Gasteiger partial charge in [-0.05, 0) is 51.4 Å². The van der Waals surface area contributed by atoms with Gasteiger partial charge < -0.3 is 4.74 Å². The van der Waals surface area contributed by atoms with Gasteiger partial charge in [0.1, 0.15) is 0 Å². The van der Waals surface area contributed by atoms with Crippen LogP contribution in [0.15, 0.2) is 54.6 Å². The van der Waals surface area contributed by atoms with Gasteiger partial charge in [0, 0.05) is 11.5 Å². The highest BCUT2D eigenvalue weighted by Gasteiger charge is 2.08. The number of hydrogen-bond acceptors (Lipinski definition) is 2. The van der Waals surface area contributed by atoms with Crippen molar-refractivity contribution in [1.29, 1.82) is 0 Å². The van der Waals surface area contributed by atoms with Crippen molar-refractivity contribution in [2.24, 2.45) is 0 Å². The van der Waals surface area contributed by atoms with Crippen molar-refractivity contribution < 1.29 is 9.53 Å². The predicted octanol–water partition coefficient (Wildman–Crippen LogP) is 4.50. The average molecular weight is 298 g/mol. The topological polar surface area (TPSA) is 26.3 Å². The standard InChI is InChI=1S/C21H14O2/c1-2-23-19(22)11-6-14-12-17-9-7-15-4-3-5-16-8-10-18(13-14)21(17)20(15)16/h3-5,7-10,12-13H,2H2,1H3. The number of ether oxygens (including phenoxy) is 1. The maximum absolute atomic E-state index is 11.4. The summed E-state index contributed by atoms with van der Waals surface area (Å²) in [6.45, 7) is 2.11. The summed E-state index contributed by atoms with van der Waals surface area (Å²) in [6, 6.07) is 18.9. The molecule has 0 aliphatic carbocycles. The molecule has 0 saturated carbocycles. The molecule has 0 heterocycles. The van der Waals surface area contributed by atoms with Crippen LogP contribution < -0.4 is 0 Å². The van der Waals surface area contributed by atoms with Crippen LogP contribution in [-0.2, 0) is 9.53 Å². The zero-order chi connectivity index (χ0) is 15.8. The SMILES string of the molecule is CCOC(=O)C#Cc1cc2ccc3cccc4ccc(c1)c2c34. The first-order valence-corrected chi connectivity index (χ1v) is 7.62. The third kappa shape index (κ3) is 2.27. The van der Waals surface area contributed by atoms with Gasteiger partial charge in [-0.3, -0.25) is 0 Å². The van der Waals surface area contributed by atoms with Crippen LogP contribution in [0.1, 0.15) is 12.5 Å². The van der Waals surface area contributed by atoms with Gasteiger partial charge in [0.15, 0.2) is 0 Å². The molecule has 110 valence electrons. The first-order valence-electron chi connectivity index (χ1n) is 7.62. The van der Waals surface area contributed by atoms with Crippen LogP contribution in [0.5, 0.6) is 0 Å². The van der Waals surface area contributed by atoms with Gasteiger partial charge in [0.2, 0.25) is 0 Å². The highest BCUT2D eigenvalue weighted by molar-refractivity contribution is 6.23. The van der Waals surface area contributed by atoms with Crippen molar-refractivity contribution in [1.82, 2.24) is 0 Å². The number of benzene rings is 4. The van der Waals surface area contributed by atoms with E-state index in [1.165, 1.54) is 21.5 Å². The molecule has 0 amide bonds. The van der Waals surface area contributed by atoms with Crippen LogP contribution in [0.2, 0.25) is 0 Å². The van der Waals surface area contributed by atoms with E-state index in [9.17, 15) is 4.79 Å². The van der Waals surface area contributed by atoms with E-state index < -0.39 is 5.97 Å². The molecule has 0 radical (unpaired) electrons. The maximum Gasteiger partial charge on any atom is 0.384 e. The van der Waals surface area contributed by atoms with Gasteiger partial charge in [-0.15, -0.1) is 0 Å². The van der Waals surface area contributed by atoms with E-state index in [1.807, 2.05) is 12.1 Å². The Kier molecular flexibility index (Phi) is 3.13. The number of esters is 1. The molecule has 0 fully saturated rings. The van der Waals surface area contributed by atoms with Gasteiger partial charge in [-0.1, -0.05) is 48.4 Å². The Morgan fingerprint density at radius 3 is 2.09 bits per heavy atom. The number of hydrogen-bond donors (Lipinski definition) is 0. The van der Waals surface area contributed by atoms with Crippen LogP contribution in [0.4, 0.5) is 0 Å². The molecular weight excluding hydrogens is 284 g/mol. The van der Waals surface area contributed by atoms with Gasteiger partial charge >= 0.3 is 5.97 Å². The van der Waals surface area contributed by atoms with Gasteiger partial charge in [-0.2, -0.15) is 0 Å². The monoisotopic (exact) mass is 298 g/mol. The summed E-state index contributed by atoms with van der Waals surface area (Å²) in [7, 11) is 0. The van der Waals surface area contributed by atoms with Crippen LogP contribution in [0.25, 0.3) is 32.3 Å². The Hall–Kier alpha value is -3.05. The van der Waals surface area contributed by atoms with Gasteiger partial charge in [0.25, 0.3) is 0 Å². The number of rotatable bonds is 1. The highest BCUT2D eigenvalue weighted by atomic mass is 16.5. The zero-order valence-corrected chi connectivity index (χ0v) is 12.7. The third-order valence-corrected chi connectivity index (χ3v) is 4.05. The second kappa shape index (κ2) is 5.30. The summed E-state index contributed by atoms with van der Waals surface area (Å²) >= 11 is 0. The van der Waals surface area contributed by atoms with E-state index in [0.29, 0.717) is 6.61 Å². The molecule has 2 heteroatoms. The van der Waals surface area contributed by atoms with Crippen molar-refractivity contribution >= 4 is 38.3 Å². The molecule has 0 aliphatic rings. The fourth-order valence-corrected chi connectivity index (χ4v) is 3.12. The van der Waals surface area contributed by atoms with Crippen LogP contribution >= 0.6 is 0 Å². The fraction of sp³-hybridized carbons (Fsp3) is 0.0952. The molecule has 2 nitrogen and oxygen atoms in total. The van der Waals surface area contributed by atoms with Crippen molar-refractivity contribution in [3.05, 3.63) is 60.2 Å². The quantitative estimate of drug-likeness (QED) is 0.294. The Labute approximate surface area is 134 Å². The summed E-state index contributed by atoms with van der Waals surface area (Å²) in [4.78, 5) is 11.4. The van der Waals surface area contributed by atoms with Crippen LogP contribution in [0.3, 0.4) is 0 Å². The normalized spacial score (nSPS) is 10.8. The van der Waals surface area contributed by atoms with E-state index in [4.69, 9.17) is 4.74 Å². The van der Waals surface area contributed by atoms with Crippen LogP contribution in [0, 0.1) is 11.8 Å². The second-order valence-electron chi connectivity index (χ2n) is 5.48. The lowest BCUT2D eigenvalue weighted by Gasteiger charge is -2.10. The maximum atomic E-state index is 11.4. The van der Waals surface area contributed by atoms with E-state index >= 15 is 0 Å². The van der Waals surface area contributed by atoms with E-state index in [2.05, 4.69) is 54.3 Å². The second-order valence-corrected chi connectivity index (χ2v) is 5.48. The fourth-order valence-electron chi connectivity index (χ4n) is 3.12. The lowest BCUT2D eigenvalue weighted by molar-refractivity contribution is -0.136. The molecular formula is C21H14O2. The summed E-state index contributed by atoms with van der Waals surface area (Å²) < 4.78 is 4.85. The third-order valence-electron chi connectivity index (χ3n) is 4.05. The first-order chi connectivity index (χ1) is 11.3. The van der Waals surface area contributed by atoms with E-state index in [-0.39, 0.29) is 0 Å². The molecule has 0 spiro atoms. The molecule has 0 atom stereocenters. The highest BCUT2D eigenvalue weighted by Crippen LogP contribution is 2.34. The summed E-state index contributed by atoms with van der Waals surface area (Å²) in [6.07, 6.45) is 0. The zero-order valence-electron chi connectivity index (χ0n) is 12.7. The average Bonchev–Trinajstić information content (AvgIpc) is 2.58. The Balaban J connectivity index is 1.95.